The fraction of sp³-hybridized carbons (Fsp3) is 0.222. The van der Waals surface area contributed by atoms with E-state index in [1.54, 1.807) is 18.2 Å². The van der Waals surface area contributed by atoms with Gasteiger partial charge in [0.15, 0.2) is 0 Å². The SMILES string of the molecule is NC(=O)CCN(Cc1ccccc1)C(=O)NCc1ccccc1F. The van der Waals surface area contributed by atoms with E-state index in [0.29, 0.717) is 12.1 Å². The van der Waals surface area contributed by atoms with Gasteiger partial charge in [0, 0.05) is 31.6 Å². The lowest BCUT2D eigenvalue weighted by atomic mass is 10.2. The van der Waals surface area contributed by atoms with Crippen molar-refractivity contribution >= 4 is 11.9 Å². The van der Waals surface area contributed by atoms with Crippen molar-refractivity contribution in [2.75, 3.05) is 6.54 Å². The molecule has 0 saturated carbocycles. The molecule has 2 aromatic carbocycles. The van der Waals surface area contributed by atoms with E-state index in [9.17, 15) is 14.0 Å². The summed E-state index contributed by atoms with van der Waals surface area (Å²) >= 11 is 0. The molecule has 3 amide bonds. The molecule has 2 rings (SSSR count). The standard InChI is InChI=1S/C18H20FN3O2/c19-16-9-5-4-8-15(16)12-21-18(24)22(11-10-17(20)23)13-14-6-2-1-3-7-14/h1-9H,10-13H2,(H2,20,23)(H,21,24). The highest BCUT2D eigenvalue weighted by atomic mass is 19.1. The van der Waals surface area contributed by atoms with E-state index in [4.69, 9.17) is 5.73 Å². The minimum atomic E-state index is -0.477. The van der Waals surface area contributed by atoms with Crippen LogP contribution in [0.25, 0.3) is 0 Å². The zero-order valence-electron chi connectivity index (χ0n) is 13.2. The van der Waals surface area contributed by atoms with Gasteiger partial charge in [0.2, 0.25) is 5.91 Å². The Labute approximate surface area is 140 Å². The number of nitrogens with zero attached hydrogens (tertiary/aromatic N) is 1. The summed E-state index contributed by atoms with van der Waals surface area (Å²) in [5.74, 6) is -0.848. The van der Waals surface area contributed by atoms with Crippen LogP contribution >= 0.6 is 0 Å². The Morgan fingerprint density at radius 2 is 1.71 bits per heavy atom. The van der Waals surface area contributed by atoms with Gasteiger partial charge < -0.3 is 16.0 Å². The second-order valence-corrected chi connectivity index (χ2v) is 5.37. The average molecular weight is 329 g/mol. The van der Waals surface area contributed by atoms with Crippen LogP contribution in [-0.2, 0) is 17.9 Å². The Balaban J connectivity index is 2.00. The number of hydrogen-bond acceptors (Lipinski definition) is 2. The van der Waals surface area contributed by atoms with Gasteiger partial charge in [-0.25, -0.2) is 9.18 Å². The van der Waals surface area contributed by atoms with Gasteiger partial charge in [0.05, 0.1) is 0 Å². The monoisotopic (exact) mass is 329 g/mol. The van der Waals surface area contributed by atoms with Crippen molar-refractivity contribution in [3.8, 4) is 0 Å². The lowest BCUT2D eigenvalue weighted by Crippen LogP contribution is -2.40. The largest absolute Gasteiger partial charge is 0.370 e. The second-order valence-electron chi connectivity index (χ2n) is 5.37. The van der Waals surface area contributed by atoms with Crippen molar-refractivity contribution < 1.29 is 14.0 Å². The van der Waals surface area contributed by atoms with E-state index in [1.165, 1.54) is 11.0 Å². The van der Waals surface area contributed by atoms with Gasteiger partial charge in [0.25, 0.3) is 0 Å². The number of urea groups is 1. The van der Waals surface area contributed by atoms with Crippen molar-refractivity contribution in [1.82, 2.24) is 10.2 Å². The number of amides is 3. The van der Waals surface area contributed by atoms with E-state index >= 15 is 0 Å². The highest BCUT2D eigenvalue weighted by Crippen LogP contribution is 2.08. The summed E-state index contributed by atoms with van der Waals surface area (Å²) in [4.78, 5) is 24.9. The molecule has 0 fully saturated rings. The lowest BCUT2D eigenvalue weighted by molar-refractivity contribution is -0.118. The summed E-state index contributed by atoms with van der Waals surface area (Å²) in [6.07, 6.45) is 0.0694. The maximum atomic E-state index is 13.6. The molecule has 3 N–H and O–H groups in total. The third-order valence-electron chi connectivity index (χ3n) is 3.52. The van der Waals surface area contributed by atoms with E-state index in [0.717, 1.165) is 5.56 Å². The summed E-state index contributed by atoms with van der Waals surface area (Å²) < 4.78 is 13.6. The van der Waals surface area contributed by atoms with Crippen molar-refractivity contribution in [3.05, 3.63) is 71.5 Å². The smallest absolute Gasteiger partial charge is 0.317 e. The number of benzene rings is 2. The topological polar surface area (TPSA) is 75.4 Å². The fourth-order valence-electron chi connectivity index (χ4n) is 2.23. The van der Waals surface area contributed by atoms with Gasteiger partial charge in [0.1, 0.15) is 5.82 Å². The fourth-order valence-corrected chi connectivity index (χ4v) is 2.23. The van der Waals surface area contributed by atoms with Crippen molar-refractivity contribution in [1.29, 1.82) is 0 Å². The molecular formula is C18H20FN3O2. The van der Waals surface area contributed by atoms with E-state index < -0.39 is 5.91 Å². The van der Waals surface area contributed by atoms with Crippen LogP contribution in [0.3, 0.4) is 0 Å². The quantitative estimate of drug-likeness (QED) is 0.818. The van der Waals surface area contributed by atoms with Gasteiger partial charge in [-0.3, -0.25) is 4.79 Å². The van der Waals surface area contributed by atoms with Crippen LogP contribution in [0.5, 0.6) is 0 Å². The maximum absolute atomic E-state index is 13.6. The number of carbonyl (C=O) groups excluding carboxylic acids is 2. The first-order valence-electron chi connectivity index (χ1n) is 7.64. The van der Waals surface area contributed by atoms with Crippen molar-refractivity contribution in [2.45, 2.75) is 19.5 Å². The predicted octanol–water partition coefficient (Wildman–Crippen LogP) is 2.41. The molecule has 24 heavy (non-hydrogen) atoms. The minimum Gasteiger partial charge on any atom is -0.370 e. The molecule has 0 aliphatic heterocycles. The van der Waals surface area contributed by atoms with Gasteiger partial charge in [-0.2, -0.15) is 0 Å². The second kappa shape index (κ2) is 8.67. The molecule has 126 valence electrons. The maximum Gasteiger partial charge on any atom is 0.317 e. The molecule has 0 spiro atoms. The summed E-state index contributed by atoms with van der Waals surface area (Å²) in [5, 5.41) is 2.68. The van der Waals surface area contributed by atoms with Crippen molar-refractivity contribution in [2.24, 2.45) is 5.73 Å². The Morgan fingerprint density at radius 1 is 1.04 bits per heavy atom. The molecule has 5 nitrogen and oxygen atoms in total. The Bertz CT molecular complexity index is 692. The molecule has 0 saturated heterocycles. The Hall–Kier alpha value is -2.89. The number of halogens is 1. The number of rotatable bonds is 7. The summed E-state index contributed by atoms with van der Waals surface area (Å²) in [6, 6.07) is 15.3. The number of carbonyl (C=O) groups is 2. The van der Waals surface area contributed by atoms with E-state index in [1.807, 2.05) is 30.3 Å². The number of primary amides is 1. The number of hydrogen-bond donors (Lipinski definition) is 2. The first-order valence-corrected chi connectivity index (χ1v) is 7.64. The predicted molar refractivity (Wildman–Crippen MR) is 89.3 cm³/mol. The summed E-state index contributed by atoms with van der Waals surface area (Å²) in [7, 11) is 0. The van der Waals surface area contributed by atoms with Crippen LogP contribution in [0, 0.1) is 5.82 Å². The zero-order valence-corrected chi connectivity index (χ0v) is 13.2. The van der Waals surface area contributed by atoms with E-state index in [-0.39, 0.29) is 31.4 Å². The molecule has 0 radical (unpaired) electrons. The highest BCUT2D eigenvalue weighted by Gasteiger charge is 2.15. The van der Waals surface area contributed by atoms with E-state index in [2.05, 4.69) is 5.32 Å². The Kier molecular flexibility index (Phi) is 6.31. The molecule has 0 unspecified atom stereocenters. The molecule has 6 heteroatoms. The zero-order chi connectivity index (χ0) is 17.4. The molecule has 2 aromatic rings. The van der Waals surface area contributed by atoms with Crippen LogP contribution in [-0.4, -0.2) is 23.4 Å². The van der Waals surface area contributed by atoms with Crippen LogP contribution in [0.15, 0.2) is 54.6 Å². The first-order chi connectivity index (χ1) is 11.6. The van der Waals surface area contributed by atoms with Gasteiger partial charge in [-0.1, -0.05) is 48.5 Å². The normalized spacial score (nSPS) is 10.2. The minimum absolute atomic E-state index is 0.0694. The summed E-state index contributed by atoms with van der Waals surface area (Å²) in [6.45, 7) is 0.623. The van der Waals surface area contributed by atoms with Crippen LogP contribution in [0.4, 0.5) is 9.18 Å². The average Bonchev–Trinajstić information content (AvgIpc) is 2.58. The van der Waals surface area contributed by atoms with Crippen LogP contribution < -0.4 is 11.1 Å². The molecule has 0 atom stereocenters. The molecule has 0 aliphatic carbocycles. The third kappa shape index (κ3) is 5.39. The molecule has 0 aromatic heterocycles. The third-order valence-corrected chi connectivity index (χ3v) is 3.52. The van der Waals surface area contributed by atoms with Gasteiger partial charge in [-0.15, -0.1) is 0 Å². The molecule has 0 bridgehead atoms. The van der Waals surface area contributed by atoms with Crippen LogP contribution in [0.2, 0.25) is 0 Å². The number of nitrogens with two attached hydrogens (primary N) is 1. The molecular weight excluding hydrogens is 309 g/mol. The number of nitrogens with one attached hydrogen (secondary N) is 1. The molecule has 0 heterocycles. The van der Waals surface area contributed by atoms with Crippen LogP contribution in [0.1, 0.15) is 17.5 Å². The Morgan fingerprint density at radius 3 is 2.38 bits per heavy atom. The highest BCUT2D eigenvalue weighted by molar-refractivity contribution is 5.77. The summed E-state index contributed by atoms with van der Waals surface area (Å²) in [5.41, 5.74) is 6.51. The molecule has 0 aliphatic rings. The van der Waals surface area contributed by atoms with Gasteiger partial charge in [-0.05, 0) is 11.6 Å². The lowest BCUT2D eigenvalue weighted by Gasteiger charge is -2.23. The first kappa shape index (κ1) is 17.5. The van der Waals surface area contributed by atoms with Gasteiger partial charge >= 0.3 is 6.03 Å². The van der Waals surface area contributed by atoms with Crippen molar-refractivity contribution in [3.63, 3.8) is 0 Å².